The van der Waals surface area contributed by atoms with Gasteiger partial charge in [0.25, 0.3) is 0 Å². The lowest BCUT2D eigenvalue weighted by molar-refractivity contribution is -0.141. The Morgan fingerprint density at radius 1 is 1.25 bits per heavy atom. The van der Waals surface area contributed by atoms with Gasteiger partial charge < -0.3 is 19.9 Å². The summed E-state index contributed by atoms with van der Waals surface area (Å²) in [6, 6.07) is 3.62. The van der Waals surface area contributed by atoms with E-state index in [1.165, 1.54) is 12.1 Å². The number of hydrogen-bond donors (Lipinski definition) is 2. The molecule has 0 saturated carbocycles. The third-order valence-corrected chi connectivity index (χ3v) is 7.02. The smallest absolute Gasteiger partial charge is 0.246 e. The van der Waals surface area contributed by atoms with Gasteiger partial charge in [-0.3, -0.25) is 9.59 Å². The van der Waals surface area contributed by atoms with Crippen LogP contribution in [0.3, 0.4) is 0 Å². The second-order valence-electron chi connectivity index (χ2n) is 6.70. The first kappa shape index (κ1) is 19.2. The molecule has 1 atom stereocenters. The largest absolute Gasteiger partial charge is 0.378 e. The maximum absolute atomic E-state index is 13.1. The van der Waals surface area contributed by atoms with Crippen LogP contribution in [0.5, 0.6) is 0 Å². The van der Waals surface area contributed by atoms with Gasteiger partial charge in [-0.2, -0.15) is 4.31 Å². The van der Waals surface area contributed by atoms with Crippen LogP contribution in [-0.4, -0.2) is 79.9 Å². The zero-order valence-corrected chi connectivity index (χ0v) is 16.4. The molecule has 3 heterocycles. The van der Waals surface area contributed by atoms with Gasteiger partial charge in [-0.05, 0) is 18.2 Å². The van der Waals surface area contributed by atoms with Crippen LogP contribution in [0.4, 0.5) is 0 Å². The molecule has 9 nitrogen and oxygen atoms in total. The Labute approximate surface area is 166 Å². The molecule has 2 aliphatic rings. The summed E-state index contributed by atoms with van der Waals surface area (Å²) in [7, 11) is -3.96. The van der Waals surface area contributed by atoms with E-state index in [2.05, 4.69) is 10.3 Å². The first-order valence-electron chi connectivity index (χ1n) is 8.79. The predicted octanol–water partition coefficient (Wildman–Crippen LogP) is 0.169. The number of rotatable bonds is 3. The summed E-state index contributed by atoms with van der Waals surface area (Å²) in [5.41, 5.74) is 0.577. The Kier molecular flexibility index (Phi) is 5.04. The topological polar surface area (TPSA) is 112 Å². The molecule has 2 aliphatic heterocycles. The number of nitrogens with one attached hydrogen (secondary N) is 2. The van der Waals surface area contributed by atoms with Crippen LogP contribution < -0.4 is 5.32 Å². The van der Waals surface area contributed by atoms with Gasteiger partial charge in [0.05, 0.1) is 29.7 Å². The molecule has 2 N–H and O–H groups in total. The van der Waals surface area contributed by atoms with Crippen molar-refractivity contribution in [2.75, 3.05) is 39.4 Å². The van der Waals surface area contributed by atoms with Crippen molar-refractivity contribution < 1.29 is 22.7 Å². The first-order chi connectivity index (χ1) is 13.4. The molecule has 28 heavy (non-hydrogen) atoms. The number of morpholine rings is 1. The van der Waals surface area contributed by atoms with Crippen LogP contribution in [0.25, 0.3) is 10.9 Å². The summed E-state index contributed by atoms with van der Waals surface area (Å²) in [5.74, 6) is -0.811. The number of carbonyl (C=O) groups excluding carboxylic acids is 2. The van der Waals surface area contributed by atoms with Crippen molar-refractivity contribution in [2.45, 2.75) is 10.9 Å². The molecule has 0 unspecified atom stereocenters. The summed E-state index contributed by atoms with van der Waals surface area (Å²) in [4.78, 5) is 29.4. The molecule has 0 aliphatic carbocycles. The molecule has 2 fully saturated rings. The second-order valence-corrected chi connectivity index (χ2v) is 9.04. The van der Waals surface area contributed by atoms with Crippen LogP contribution in [0.15, 0.2) is 29.3 Å². The zero-order chi connectivity index (χ0) is 19.9. The number of sulfonamides is 1. The molecule has 0 spiro atoms. The van der Waals surface area contributed by atoms with E-state index in [0.717, 1.165) is 4.31 Å². The first-order valence-corrected chi connectivity index (χ1v) is 10.6. The van der Waals surface area contributed by atoms with Gasteiger partial charge in [0.2, 0.25) is 21.8 Å². The summed E-state index contributed by atoms with van der Waals surface area (Å²) >= 11 is 6.04. The third-order valence-electron chi connectivity index (χ3n) is 4.90. The Morgan fingerprint density at radius 2 is 2.00 bits per heavy atom. The molecule has 4 rings (SSSR count). The minimum Gasteiger partial charge on any atom is -0.378 e. The number of aromatic nitrogens is 1. The lowest BCUT2D eigenvalue weighted by Gasteiger charge is -2.35. The maximum Gasteiger partial charge on any atom is 0.246 e. The Morgan fingerprint density at radius 3 is 2.75 bits per heavy atom. The van der Waals surface area contributed by atoms with E-state index in [1.54, 1.807) is 17.2 Å². The maximum atomic E-state index is 13.1. The minimum absolute atomic E-state index is 0.0331. The highest BCUT2D eigenvalue weighted by Gasteiger charge is 2.38. The van der Waals surface area contributed by atoms with Crippen LogP contribution in [0.2, 0.25) is 5.02 Å². The summed E-state index contributed by atoms with van der Waals surface area (Å²) in [5, 5.41) is 3.80. The standard InChI is InChI=1S/C17H19ClN4O5S/c18-13-8-19-14-7-11(1-2-12(13)14)28(25,26)22-9-15(20-16(23)10-22)17(24)21-3-5-27-6-4-21/h1-2,7-8,15,19H,3-6,9-10H2,(H,20,23)/t15-/m1/s1. The Bertz CT molecular complexity index is 1030. The van der Waals surface area contributed by atoms with Crippen molar-refractivity contribution in [1.82, 2.24) is 19.5 Å². The van der Waals surface area contributed by atoms with Gasteiger partial charge in [-0.25, -0.2) is 8.42 Å². The van der Waals surface area contributed by atoms with Crippen LogP contribution in [0.1, 0.15) is 0 Å². The normalized spacial score (nSPS) is 21.7. The summed E-state index contributed by atoms with van der Waals surface area (Å²) in [6.07, 6.45) is 1.58. The fourth-order valence-corrected chi connectivity index (χ4v) is 5.08. The molecule has 2 saturated heterocycles. The fourth-order valence-electron chi connectivity index (χ4n) is 3.42. The predicted molar refractivity (Wildman–Crippen MR) is 101 cm³/mol. The van der Waals surface area contributed by atoms with Crippen molar-refractivity contribution in [1.29, 1.82) is 0 Å². The number of benzene rings is 1. The monoisotopic (exact) mass is 426 g/mol. The van der Waals surface area contributed by atoms with E-state index in [4.69, 9.17) is 16.3 Å². The molecular weight excluding hydrogens is 408 g/mol. The zero-order valence-electron chi connectivity index (χ0n) is 14.9. The van der Waals surface area contributed by atoms with E-state index < -0.39 is 22.0 Å². The molecule has 150 valence electrons. The molecule has 2 amide bonds. The second kappa shape index (κ2) is 7.36. The highest BCUT2D eigenvalue weighted by Crippen LogP contribution is 2.27. The average molecular weight is 427 g/mol. The average Bonchev–Trinajstić information content (AvgIpc) is 3.08. The minimum atomic E-state index is -3.96. The van der Waals surface area contributed by atoms with Gasteiger partial charge in [0.1, 0.15) is 6.04 Å². The van der Waals surface area contributed by atoms with Crippen molar-refractivity contribution in [3.63, 3.8) is 0 Å². The van der Waals surface area contributed by atoms with Gasteiger partial charge in [-0.15, -0.1) is 0 Å². The van der Waals surface area contributed by atoms with Crippen LogP contribution >= 0.6 is 11.6 Å². The highest BCUT2D eigenvalue weighted by molar-refractivity contribution is 7.89. The van der Waals surface area contributed by atoms with Gasteiger partial charge in [0, 0.05) is 36.7 Å². The number of fused-ring (bicyclic) bond motifs is 1. The highest BCUT2D eigenvalue weighted by atomic mass is 35.5. The SMILES string of the molecule is O=C1CN(S(=O)(=O)c2ccc3c(Cl)c[nH]c3c2)C[C@H](C(=O)N2CCOCC2)N1. The number of amides is 2. The van der Waals surface area contributed by atoms with E-state index in [0.29, 0.717) is 42.2 Å². The number of H-pyrrole nitrogens is 1. The van der Waals surface area contributed by atoms with Crippen LogP contribution in [-0.2, 0) is 24.3 Å². The quantitative estimate of drug-likeness (QED) is 0.726. The Hall–Kier alpha value is -2.14. The van der Waals surface area contributed by atoms with Crippen molar-refractivity contribution in [3.05, 3.63) is 29.4 Å². The summed E-state index contributed by atoms with van der Waals surface area (Å²) < 4.78 is 32.4. The number of hydrogen-bond acceptors (Lipinski definition) is 5. The van der Waals surface area contributed by atoms with Crippen LogP contribution in [0, 0.1) is 0 Å². The van der Waals surface area contributed by atoms with E-state index >= 15 is 0 Å². The van der Waals surface area contributed by atoms with E-state index in [1.807, 2.05) is 0 Å². The number of halogens is 1. The molecule has 2 aromatic rings. The molecule has 1 aromatic carbocycles. The number of carbonyl (C=O) groups is 2. The molecule has 0 radical (unpaired) electrons. The molecular formula is C17H19ClN4O5S. The van der Waals surface area contributed by atoms with E-state index in [9.17, 15) is 18.0 Å². The third kappa shape index (κ3) is 3.48. The fraction of sp³-hybridized carbons (Fsp3) is 0.412. The van der Waals surface area contributed by atoms with Crippen molar-refractivity contribution in [3.8, 4) is 0 Å². The van der Waals surface area contributed by atoms with Crippen molar-refractivity contribution >= 4 is 44.3 Å². The van der Waals surface area contributed by atoms with Gasteiger partial charge in [0.15, 0.2) is 0 Å². The summed E-state index contributed by atoms with van der Waals surface area (Å²) in [6.45, 7) is 1.23. The molecule has 0 bridgehead atoms. The number of ether oxygens (including phenoxy) is 1. The van der Waals surface area contributed by atoms with E-state index in [-0.39, 0.29) is 23.9 Å². The molecule has 11 heteroatoms. The van der Waals surface area contributed by atoms with Gasteiger partial charge in [-0.1, -0.05) is 11.6 Å². The lowest BCUT2D eigenvalue weighted by atomic mass is 10.2. The lowest BCUT2D eigenvalue weighted by Crippen LogP contribution is -2.62. The Balaban J connectivity index is 1.58. The number of piperazine rings is 1. The van der Waals surface area contributed by atoms with Crippen molar-refractivity contribution in [2.24, 2.45) is 0 Å². The number of nitrogens with zero attached hydrogens (tertiary/aromatic N) is 2. The number of aromatic amines is 1. The molecule has 1 aromatic heterocycles. The van der Waals surface area contributed by atoms with Gasteiger partial charge >= 0.3 is 0 Å².